The molecule has 0 radical (unpaired) electrons. The molecule has 0 spiro atoms. The van der Waals surface area contributed by atoms with Crippen molar-refractivity contribution in [2.24, 2.45) is 0 Å². The van der Waals surface area contributed by atoms with Gasteiger partial charge in [-0.15, -0.1) is 0 Å². The standard InChI is InChI=1S/C45H31F3N6O5/c1-44(2,3)33-12-10-28(11-13-33)29-18-31(24-51-22-29)40(55)53-38-14-8-26(20-49)16-35(38)42(57)59-43(58)36-17-27(21-50)9-15-39(36)54-41(56)32-19-30(23-52-25-32)34-6-4-5-7-37(34)45(46,47)48/h4-19,22-25H,1-3H3,(H,53,55)(H,54,56). The lowest BCUT2D eigenvalue weighted by Gasteiger charge is -2.19. The number of amides is 2. The highest BCUT2D eigenvalue weighted by molar-refractivity contribution is 6.13. The number of nitriles is 2. The maximum atomic E-state index is 13.7. The molecule has 59 heavy (non-hydrogen) atoms. The molecule has 6 rings (SSSR count). The van der Waals surface area contributed by atoms with Crippen molar-refractivity contribution >= 4 is 35.1 Å². The molecule has 2 heterocycles. The zero-order valence-electron chi connectivity index (χ0n) is 31.5. The van der Waals surface area contributed by atoms with Crippen molar-refractivity contribution in [3.63, 3.8) is 0 Å². The average Bonchev–Trinajstić information content (AvgIpc) is 3.23. The van der Waals surface area contributed by atoms with Crippen molar-refractivity contribution in [1.82, 2.24) is 9.97 Å². The largest absolute Gasteiger partial charge is 0.417 e. The van der Waals surface area contributed by atoms with Gasteiger partial charge in [0, 0.05) is 35.9 Å². The number of nitrogens with zero attached hydrogens (tertiary/aromatic N) is 4. The minimum absolute atomic E-state index is 0.00195. The number of esters is 2. The Balaban J connectivity index is 1.23. The molecule has 292 valence electrons. The number of benzene rings is 4. The van der Waals surface area contributed by atoms with Gasteiger partial charge in [0.15, 0.2) is 0 Å². The quantitative estimate of drug-likeness (QED) is 0.112. The minimum Gasteiger partial charge on any atom is -0.386 e. The molecule has 6 aromatic rings. The van der Waals surface area contributed by atoms with E-state index in [0.717, 1.165) is 41.7 Å². The van der Waals surface area contributed by atoms with Crippen LogP contribution in [0.2, 0.25) is 0 Å². The second-order valence-electron chi connectivity index (χ2n) is 14.1. The maximum absolute atomic E-state index is 13.7. The van der Waals surface area contributed by atoms with E-state index < -0.39 is 41.1 Å². The molecule has 14 heteroatoms. The summed E-state index contributed by atoms with van der Waals surface area (Å²) in [7, 11) is 0. The van der Waals surface area contributed by atoms with Gasteiger partial charge >= 0.3 is 18.1 Å². The Kier molecular flexibility index (Phi) is 11.5. The van der Waals surface area contributed by atoms with Gasteiger partial charge in [-0.3, -0.25) is 19.6 Å². The molecule has 0 saturated carbocycles. The zero-order valence-corrected chi connectivity index (χ0v) is 31.5. The van der Waals surface area contributed by atoms with Gasteiger partial charge in [0.05, 0.1) is 62.5 Å². The predicted molar refractivity (Wildman–Crippen MR) is 211 cm³/mol. The van der Waals surface area contributed by atoms with Gasteiger partial charge in [-0.25, -0.2) is 9.59 Å². The molecule has 0 aliphatic rings. The molecule has 0 atom stereocenters. The fourth-order valence-corrected chi connectivity index (χ4v) is 5.94. The lowest BCUT2D eigenvalue weighted by Crippen LogP contribution is -2.20. The molecule has 0 aliphatic carbocycles. The topological polar surface area (TPSA) is 175 Å². The van der Waals surface area contributed by atoms with Crippen LogP contribution in [0.1, 0.15) is 84.5 Å². The molecule has 2 aromatic heterocycles. The van der Waals surface area contributed by atoms with Crippen molar-refractivity contribution in [1.29, 1.82) is 10.5 Å². The second kappa shape index (κ2) is 16.6. The van der Waals surface area contributed by atoms with Crippen LogP contribution < -0.4 is 10.6 Å². The summed E-state index contributed by atoms with van der Waals surface area (Å²) in [5.74, 6) is -4.15. The molecule has 11 nitrogen and oxygen atoms in total. The molecule has 0 aliphatic heterocycles. The monoisotopic (exact) mass is 792 g/mol. The molecule has 2 N–H and O–H groups in total. The van der Waals surface area contributed by atoms with E-state index in [-0.39, 0.29) is 55.7 Å². The van der Waals surface area contributed by atoms with Crippen LogP contribution in [-0.4, -0.2) is 33.7 Å². The lowest BCUT2D eigenvalue weighted by molar-refractivity contribution is -0.137. The average molecular weight is 793 g/mol. The van der Waals surface area contributed by atoms with E-state index in [4.69, 9.17) is 4.74 Å². The van der Waals surface area contributed by atoms with Gasteiger partial charge in [-0.2, -0.15) is 23.7 Å². The Morgan fingerprint density at radius 2 is 1.10 bits per heavy atom. The highest BCUT2D eigenvalue weighted by atomic mass is 19.4. The Bertz CT molecular complexity index is 2730. The number of carbonyl (C=O) groups is 4. The Labute approximate surface area is 335 Å². The number of alkyl halides is 3. The van der Waals surface area contributed by atoms with E-state index in [2.05, 4.69) is 41.4 Å². The number of hydrogen-bond donors (Lipinski definition) is 2. The fourth-order valence-electron chi connectivity index (χ4n) is 5.94. The van der Waals surface area contributed by atoms with Crippen LogP contribution in [0, 0.1) is 22.7 Å². The van der Waals surface area contributed by atoms with Crippen molar-refractivity contribution in [2.75, 3.05) is 10.6 Å². The van der Waals surface area contributed by atoms with E-state index in [0.29, 0.717) is 5.56 Å². The van der Waals surface area contributed by atoms with E-state index in [1.54, 1.807) is 12.3 Å². The SMILES string of the molecule is CC(C)(C)c1ccc(-c2cncc(C(=O)Nc3ccc(C#N)cc3C(=O)OC(=O)c3cc(C#N)ccc3NC(=O)c3cncc(-c4ccccc4C(F)(F)F)c3)c2)cc1. The van der Waals surface area contributed by atoms with Crippen molar-refractivity contribution in [3.8, 4) is 34.4 Å². The number of halogens is 3. The third-order valence-corrected chi connectivity index (χ3v) is 9.05. The highest BCUT2D eigenvalue weighted by Gasteiger charge is 2.33. The first-order chi connectivity index (χ1) is 28.0. The van der Waals surface area contributed by atoms with E-state index >= 15 is 0 Å². The van der Waals surface area contributed by atoms with Gasteiger partial charge in [0.2, 0.25) is 0 Å². The number of nitrogens with one attached hydrogen (secondary N) is 2. The summed E-state index contributed by atoms with van der Waals surface area (Å²) < 4.78 is 46.4. The van der Waals surface area contributed by atoms with Crippen molar-refractivity contribution in [2.45, 2.75) is 32.4 Å². The van der Waals surface area contributed by atoms with Crippen LogP contribution in [0.5, 0.6) is 0 Å². The normalized spacial score (nSPS) is 11.1. The summed E-state index contributed by atoms with van der Waals surface area (Å²) in [6.45, 7) is 6.28. The Morgan fingerprint density at radius 1 is 0.610 bits per heavy atom. The molecule has 2 amide bonds. The summed E-state index contributed by atoms with van der Waals surface area (Å²) in [4.78, 5) is 62.2. The summed E-state index contributed by atoms with van der Waals surface area (Å²) >= 11 is 0. The third-order valence-electron chi connectivity index (χ3n) is 9.05. The number of carbonyl (C=O) groups excluding carboxylic acids is 4. The summed E-state index contributed by atoms with van der Waals surface area (Å²) in [6, 6.07) is 26.4. The molecule has 0 saturated heterocycles. The molecule has 0 fully saturated rings. The summed E-state index contributed by atoms with van der Waals surface area (Å²) in [5, 5.41) is 24.2. The molecule has 0 unspecified atom stereocenters. The number of aromatic nitrogens is 2. The Morgan fingerprint density at radius 3 is 1.59 bits per heavy atom. The van der Waals surface area contributed by atoms with Crippen molar-refractivity contribution < 1.29 is 37.1 Å². The summed E-state index contributed by atoms with van der Waals surface area (Å²) in [5.41, 5.74) is 0.169. The first-order valence-corrected chi connectivity index (χ1v) is 17.7. The van der Waals surface area contributed by atoms with Crippen LogP contribution >= 0.6 is 0 Å². The zero-order chi connectivity index (χ0) is 42.5. The minimum atomic E-state index is -4.69. The van der Waals surface area contributed by atoms with Gasteiger partial charge in [-0.05, 0) is 76.7 Å². The van der Waals surface area contributed by atoms with E-state index in [1.807, 2.05) is 36.4 Å². The molecule has 4 aromatic carbocycles. The lowest BCUT2D eigenvalue weighted by atomic mass is 9.86. The van der Waals surface area contributed by atoms with Crippen LogP contribution in [0.25, 0.3) is 22.3 Å². The van der Waals surface area contributed by atoms with Crippen molar-refractivity contribution in [3.05, 3.63) is 166 Å². The van der Waals surface area contributed by atoms with E-state index in [1.165, 1.54) is 54.7 Å². The third kappa shape index (κ3) is 9.36. The highest BCUT2D eigenvalue weighted by Crippen LogP contribution is 2.37. The van der Waals surface area contributed by atoms with Crippen LogP contribution in [0.3, 0.4) is 0 Å². The first kappa shape index (κ1) is 40.7. The van der Waals surface area contributed by atoms with Crippen LogP contribution in [0.15, 0.2) is 122 Å². The Hall–Kier alpha value is -7.97. The number of pyridine rings is 2. The van der Waals surface area contributed by atoms with Gasteiger partial charge < -0.3 is 15.4 Å². The number of ether oxygens (including phenoxy) is 1. The molecular weight excluding hydrogens is 762 g/mol. The summed E-state index contributed by atoms with van der Waals surface area (Å²) in [6.07, 6.45) is 0.516. The van der Waals surface area contributed by atoms with Gasteiger partial charge in [0.1, 0.15) is 0 Å². The second-order valence-corrected chi connectivity index (χ2v) is 14.1. The van der Waals surface area contributed by atoms with Gasteiger partial charge in [-0.1, -0.05) is 63.2 Å². The predicted octanol–water partition coefficient (Wildman–Crippen LogP) is 9.37. The van der Waals surface area contributed by atoms with Crippen LogP contribution in [0.4, 0.5) is 24.5 Å². The number of anilines is 2. The van der Waals surface area contributed by atoms with Gasteiger partial charge in [0.25, 0.3) is 11.8 Å². The number of hydrogen-bond acceptors (Lipinski definition) is 9. The number of rotatable bonds is 8. The molecule has 0 bridgehead atoms. The fraction of sp³-hybridized carbons (Fsp3) is 0.111. The molecular formula is C45H31F3N6O5. The maximum Gasteiger partial charge on any atom is 0.417 e. The van der Waals surface area contributed by atoms with E-state index in [9.17, 15) is 42.9 Å². The van der Waals surface area contributed by atoms with Crippen LogP contribution in [-0.2, 0) is 16.3 Å². The first-order valence-electron chi connectivity index (χ1n) is 17.7. The smallest absolute Gasteiger partial charge is 0.386 e.